The lowest BCUT2D eigenvalue weighted by Gasteiger charge is -2.35. The van der Waals surface area contributed by atoms with Gasteiger partial charge < -0.3 is 21.9 Å². The number of likely N-dealkylation sites (tertiary alicyclic amines) is 1. The van der Waals surface area contributed by atoms with Crippen molar-refractivity contribution < 1.29 is 31.1 Å². The van der Waals surface area contributed by atoms with Crippen LogP contribution in [0.3, 0.4) is 0 Å². The smallest absolute Gasteiger partial charge is 0.254 e. The minimum Gasteiger partial charge on any atom is -1.00 e. The molecule has 4 rings (SSSR count). The van der Waals surface area contributed by atoms with E-state index in [-0.39, 0.29) is 41.3 Å². The summed E-state index contributed by atoms with van der Waals surface area (Å²) in [7, 11) is 0. The zero-order valence-corrected chi connectivity index (χ0v) is 18.4. The molecule has 1 saturated heterocycles. The number of Topliss-reactive ketones (excluding diaryl/α,β-unsaturated/α-hetero) is 1. The second-order valence-electron chi connectivity index (χ2n) is 7.47. The monoisotopic (exact) mass is 464 g/mol. The van der Waals surface area contributed by atoms with Crippen LogP contribution in [0.2, 0.25) is 0 Å². The number of piperidine rings is 1. The average molecular weight is 465 g/mol. The van der Waals surface area contributed by atoms with Crippen LogP contribution < -0.4 is 21.5 Å². The van der Waals surface area contributed by atoms with Gasteiger partial charge >= 0.3 is 0 Å². The lowest BCUT2D eigenvalue weighted by atomic mass is 9.95. The van der Waals surface area contributed by atoms with Crippen LogP contribution in [0, 0.1) is 0 Å². The van der Waals surface area contributed by atoms with Gasteiger partial charge in [0.1, 0.15) is 0 Å². The first-order valence-corrected chi connectivity index (χ1v) is 10.2. The zero-order valence-electron chi connectivity index (χ0n) is 16.8. The van der Waals surface area contributed by atoms with E-state index in [1.165, 1.54) is 0 Å². The highest BCUT2D eigenvalue weighted by atomic mass is 79.9. The van der Waals surface area contributed by atoms with E-state index in [1.807, 2.05) is 88.6 Å². The number of amides is 1. The van der Waals surface area contributed by atoms with E-state index in [1.54, 1.807) is 0 Å². The topological polar surface area (TPSA) is 41.3 Å². The fourth-order valence-corrected chi connectivity index (χ4v) is 3.99. The Bertz CT molecular complexity index is 992. The van der Waals surface area contributed by atoms with Gasteiger partial charge in [0.15, 0.2) is 12.4 Å². The highest BCUT2D eigenvalue weighted by Gasteiger charge is 2.30. The molecule has 0 saturated carbocycles. The van der Waals surface area contributed by atoms with Crippen LogP contribution in [-0.4, -0.2) is 23.1 Å². The number of benzene rings is 2. The summed E-state index contributed by atoms with van der Waals surface area (Å²) in [4.78, 5) is 27.7. The Morgan fingerprint density at radius 3 is 2.23 bits per heavy atom. The summed E-state index contributed by atoms with van der Waals surface area (Å²) in [6.45, 7) is 1.05. The number of ketones is 1. The normalized spacial score (nSPS) is 15.9. The predicted molar refractivity (Wildman–Crippen MR) is 111 cm³/mol. The predicted octanol–water partition coefficient (Wildman–Crippen LogP) is 1.23. The lowest BCUT2D eigenvalue weighted by Crippen LogP contribution is -3.00. The van der Waals surface area contributed by atoms with E-state index in [2.05, 4.69) is 6.07 Å². The molecular formula is C25H25BrN2O2. The van der Waals surface area contributed by atoms with E-state index in [0.717, 1.165) is 36.9 Å². The Morgan fingerprint density at radius 2 is 1.53 bits per heavy atom. The molecule has 0 aliphatic carbocycles. The molecule has 1 unspecified atom stereocenters. The Labute approximate surface area is 187 Å². The van der Waals surface area contributed by atoms with Gasteiger partial charge in [0, 0.05) is 29.3 Å². The fourth-order valence-electron chi connectivity index (χ4n) is 3.99. The number of carbonyl (C=O) groups excluding carboxylic acids is 2. The Morgan fingerprint density at radius 1 is 0.867 bits per heavy atom. The third kappa shape index (κ3) is 5.03. The fraction of sp³-hybridized carbons (Fsp3) is 0.240. The lowest BCUT2D eigenvalue weighted by molar-refractivity contribution is -0.683. The van der Waals surface area contributed by atoms with Crippen molar-refractivity contribution in [2.45, 2.75) is 31.8 Å². The van der Waals surface area contributed by atoms with Crippen molar-refractivity contribution in [3.63, 3.8) is 0 Å². The van der Waals surface area contributed by atoms with Gasteiger partial charge in [0.05, 0.1) is 6.04 Å². The van der Waals surface area contributed by atoms with Crippen molar-refractivity contribution in [3.05, 3.63) is 102 Å². The number of carbonyl (C=O) groups is 2. The van der Waals surface area contributed by atoms with Gasteiger partial charge in [-0.15, -0.1) is 0 Å². The molecule has 30 heavy (non-hydrogen) atoms. The zero-order chi connectivity index (χ0) is 20.1. The van der Waals surface area contributed by atoms with Crippen molar-refractivity contribution in [1.29, 1.82) is 0 Å². The number of rotatable bonds is 5. The molecule has 0 N–H and O–H groups in total. The van der Waals surface area contributed by atoms with Crippen LogP contribution in [0.4, 0.5) is 0 Å². The summed E-state index contributed by atoms with van der Waals surface area (Å²) in [5.74, 6) is 0.152. The first-order chi connectivity index (χ1) is 14.2. The minimum atomic E-state index is 0. The molecule has 2 heterocycles. The van der Waals surface area contributed by atoms with E-state index in [0.29, 0.717) is 5.56 Å². The summed E-state index contributed by atoms with van der Waals surface area (Å²) in [5, 5.41) is 0. The van der Waals surface area contributed by atoms with Crippen LogP contribution in [0.15, 0.2) is 85.2 Å². The van der Waals surface area contributed by atoms with Crippen molar-refractivity contribution in [2.24, 2.45) is 0 Å². The van der Waals surface area contributed by atoms with E-state index < -0.39 is 0 Å². The number of aromatic nitrogens is 1. The van der Waals surface area contributed by atoms with Gasteiger partial charge in [-0.1, -0.05) is 48.5 Å². The third-order valence-electron chi connectivity index (χ3n) is 5.47. The second-order valence-corrected chi connectivity index (χ2v) is 7.47. The number of hydrogen-bond donors (Lipinski definition) is 0. The molecule has 1 fully saturated rings. The quantitative estimate of drug-likeness (QED) is 0.420. The molecule has 1 aliphatic heterocycles. The number of pyridine rings is 1. The summed E-state index contributed by atoms with van der Waals surface area (Å²) in [5.41, 5.74) is 2.52. The molecule has 1 amide bonds. The highest BCUT2D eigenvalue weighted by Crippen LogP contribution is 2.31. The molecule has 0 bridgehead atoms. The summed E-state index contributed by atoms with van der Waals surface area (Å²) < 4.78 is 1.92. The maximum atomic E-state index is 13.1. The van der Waals surface area contributed by atoms with Crippen LogP contribution in [0.5, 0.6) is 0 Å². The molecule has 2 aromatic carbocycles. The first kappa shape index (κ1) is 21.9. The van der Waals surface area contributed by atoms with Crippen LogP contribution in [-0.2, 0) is 6.54 Å². The maximum absolute atomic E-state index is 13.1. The van der Waals surface area contributed by atoms with Crippen molar-refractivity contribution in [2.75, 3.05) is 6.54 Å². The molecule has 1 atom stereocenters. The Kier molecular flexibility index (Phi) is 7.52. The molecule has 0 radical (unpaired) electrons. The SMILES string of the molecule is O=C(C[n+]1cccc(C2CCCCN2C(=O)c2ccccc2)c1)c1ccccc1.[Br-]. The second kappa shape index (κ2) is 10.3. The molecule has 5 heteroatoms. The first-order valence-electron chi connectivity index (χ1n) is 10.2. The van der Waals surface area contributed by atoms with Gasteiger partial charge in [-0.3, -0.25) is 9.59 Å². The molecule has 3 aromatic rings. The van der Waals surface area contributed by atoms with Crippen molar-refractivity contribution in [1.82, 2.24) is 4.90 Å². The Balaban J connectivity index is 0.00000256. The van der Waals surface area contributed by atoms with Gasteiger partial charge in [-0.05, 0) is 37.5 Å². The number of hydrogen-bond acceptors (Lipinski definition) is 2. The molecule has 1 aromatic heterocycles. The Hall–Kier alpha value is -2.79. The van der Waals surface area contributed by atoms with Crippen LogP contribution >= 0.6 is 0 Å². The molecular weight excluding hydrogens is 440 g/mol. The standard InChI is InChI=1S/C25H25N2O2.BrH/c28-24(20-10-3-1-4-11-20)19-26-16-9-14-22(18-26)23-15-7-8-17-27(23)25(29)21-12-5-2-6-13-21;/h1-6,9-14,16,18,23H,7-8,15,17,19H2;1H/q+1;/p-1. The van der Waals surface area contributed by atoms with Crippen molar-refractivity contribution >= 4 is 11.7 Å². The number of nitrogens with zero attached hydrogens (tertiary/aromatic N) is 2. The summed E-state index contributed by atoms with van der Waals surface area (Å²) in [6, 6.07) is 22.9. The largest absolute Gasteiger partial charge is 1.00 e. The molecule has 154 valence electrons. The number of halogens is 1. The maximum Gasteiger partial charge on any atom is 0.254 e. The van der Waals surface area contributed by atoms with Gasteiger partial charge in [0.25, 0.3) is 5.91 Å². The molecule has 1 aliphatic rings. The van der Waals surface area contributed by atoms with Crippen LogP contribution in [0.25, 0.3) is 0 Å². The van der Waals surface area contributed by atoms with E-state index >= 15 is 0 Å². The average Bonchev–Trinajstić information content (AvgIpc) is 2.80. The summed E-state index contributed by atoms with van der Waals surface area (Å²) >= 11 is 0. The van der Waals surface area contributed by atoms with E-state index in [4.69, 9.17) is 0 Å². The minimum absolute atomic E-state index is 0. The summed E-state index contributed by atoms with van der Waals surface area (Å²) in [6.07, 6.45) is 6.99. The van der Waals surface area contributed by atoms with Crippen molar-refractivity contribution in [3.8, 4) is 0 Å². The van der Waals surface area contributed by atoms with Crippen LogP contribution in [0.1, 0.15) is 51.6 Å². The van der Waals surface area contributed by atoms with E-state index in [9.17, 15) is 9.59 Å². The van der Waals surface area contributed by atoms with Gasteiger partial charge in [0.2, 0.25) is 12.3 Å². The van der Waals surface area contributed by atoms with Gasteiger partial charge in [-0.25, -0.2) is 0 Å². The molecule has 0 spiro atoms. The molecule has 4 nitrogen and oxygen atoms in total. The third-order valence-corrected chi connectivity index (χ3v) is 5.47. The highest BCUT2D eigenvalue weighted by molar-refractivity contribution is 5.95. The van der Waals surface area contributed by atoms with Gasteiger partial charge in [-0.2, -0.15) is 4.57 Å².